The predicted octanol–water partition coefficient (Wildman–Crippen LogP) is 3.83. The van der Waals surface area contributed by atoms with E-state index in [-0.39, 0.29) is 16.9 Å². The Hall–Kier alpha value is -2.24. The van der Waals surface area contributed by atoms with Crippen molar-refractivity contribution in [3.8, 4) is 0 Å². The Morgan fingerprint density at radius 3 is 2.56 bits per heavy atom. The Kier molecular flexibility index (Phi) is 4.13. The van der Waals surface area contributed by atoms with Crippen LogP contribution in [0.1, 0.15) is 63.5 Å². The third kappa shape index (κ3) is 3.26. The number of pyridine rings is 1. The molecule has 0 aromatic carbocycles. The van der Waals surface area contributed by atoms with E-state index in [0.29, 0.717) is 5.92 Å². The number of nitrogens with zero attached hydrogens (tertiary/aromatic N) is 2. The number of amides is 1. The van der Waals surface area contributed by atoms with Crippen molar-refractivity contribution in [3.63, 3.8) is 0 Å². The van der Waals surface area contributed by atoms with Gasteiger partial charge < -0.3 is 14.7 Å². The maximum absolute atomic E-state index is 12.2. The van der Waals surface area contributed by atoms with E-state index in [2.05, 4.69) is 11.3 Å². The number of hydrogen-bond donors (Lipinski definition) is 1. The number of H-pyrrole nitrogens is 1. The number of carbonyl (C=O) groups is 1. The summed E-state index contributed by atoms with van der Waals surface area (Å²) in [4.78, 5) is 26.1. The topological polar surface area (TPSA) is 66.8 Å². The summed E-state index contributed by atoms with van der Waals surface area (Å²) in [6.07, 6.45) is 8.09. The number of aromatic amines is 1. The molecule has 146 valence electrons. The molecule has 1 amide bonds. The SMILES string of the molecule is Cc1c(=O)ccn2[nH]cc(C3CCC4(CC3)CN(C(=O)OC(C)(C)C)C4)c12. The quantitative estimate of drug-likeness (QED) is 0.828. The van der Waals surface area contributed by atoms with Gasteiger partial charge in [-0.15, -0.1) is 0 Å². The molecule has 1 aliphatic carbocycles. The largest absolute Gasteiger partial charge is 0.444 e. The van der Waals surface area contributed by atoms with E-state index in [4.69, 9.17) is 4.74 Å². The summed E-state index contributed by atoms with van der Waals surface area (Å²) in [5.74, 6) is 0.466. The molecule has 0 bridgehead atoms. The van der Waals surface area contributed by atoms with Crippen molar-refractivity contribution in [2.24, 2.45) is 5.41 Å². The highest BCUT2D eigenvalue weighted by Crippen LogP contribution is 2.49. The molecule has 27 heavy (non-hydrogen) atoms. The van der Waals surface area contributed by atoms with Crippen LogP contribution < -0.4 is 5.43 Å². The molecule has 0 atom stereocenters. The van der Waals surface area contributed by atoms with E-state index in [1.165, 1.54) is 5.56 Å². The van der Waals surface area contributed by atoms with Crippen molar-refractivity contribution in [3.05, 3.63) is 39.8 Å². The molecule has 1 saturated heterocycles. The van der Waals surface area contributed by atoms with Gasteiger partial charge in [0.05, 0.1) is 5.52 Å². The molecule has 2 aromatic heterocycles. The Morgan fingerprint density at radius 2 is 1.93 bits per heavy atom. The smallest absolute Gasteiger partial charge is 0.410 e. The molecular weight excluding hydrogens is 342 g/mol. The predicted molar refractivity (Wildman–Crippen MR) is 104 cm³/mol. The molecule has 4 rings (SSSR count). The van der Waals surface area contributed by atoms with Gasteiger partial charge in [-0.1, -0.05) is 0 Å². The summed E-state index contributed by atoms with van der Waals surface area (Å²) >= 11 is 0. The minimum atomic E-state index is -0.442. The maximum atomic E-state index is 12.2. The van der Waals surface area contributed by atoms with Gasteiger partial charge in [-0.2, -0.15) is 0 Å². The molecule has 2 aromatic rings. The standard InChI is InChI=1S/C21H29N3O3/c1-14-17(25)7-10-24-18(14)16(11-22-24)15-5-8-21(9-6-15)12-23(13-21)19(26)27-20(2,3)4/h7,10-11,15,22H,5-6,8-9,12-13H2,1-4H3. The van der Waals surface area contributed by atoms with Gasteiger partial charge in [0.2, 0.25) is 0 Å². The second-order valence-corrected chi connectivity index (χ2v) is 9.36. The second kappa shape index (κ2) is 6.14. The van der Waals surface area contributed by atoms with E-state index in [9.17, 15) is 9.59 Å². The van der Waals surface area contributed by atoms with E-state index >= 15 is 0 Å². The Morgan fingerprint density at radius 1 is 1.26 bits per heavy atom. The molecule has 6 nitrogen and oxygen atoms in total. The number of hydrogen-bond acceptors (Lipinski definition) is 3. The number of nitrogens with one attached hydrogen (secondary N) is 1. The minimum absolute atomic E-state index is 0.0927. The van der Waals surface area contributed by atoms with Gasteiger partial charge in [-0.05, 0) is 64.9 Å². The average Bonchev–Trinajstić information content (AvgIpc) is 2.99. The van der Waals surface area contributed by atoms with Crippen LogP contribution >= 0.6 is 0 Å². The molecule has 1 aliphatic heterocycles. The summed E-state index contributed by atoms with van der Waals surface area (Å²) < 4.78 is 7.43. The van der Waals surface area contributed by atoms with E-state index < -0.39 is 5.60 Å². The zero-order chi connectivity index (χ0) is 19.4. The highest BCUT2D eigenvalue weighted by atomic mass is 16.6. The Labute approximate surface area is 159 Å². The molecular formula is C21H29N3O3. The van der Waals surface area contributed by atoms with E-state index in [1.807, 2.05) is 43.3 Å². The average molecular weight is 371 g/mol. The van der Waals surface area contributed by atoms with Crippen LogP contribution in [0.25, 0.3) is 5.52 Å². The van der Waals surface area contributed by atoms with Crippen LogP contribution in [0, 0.1) is 12.3 Å². The lowest BCUT2D eigenvalue weighted by Crippen LogP contribution is -2.60. The molecule has 3 heterocycles. The van der Waals surface area contributed by atoms with Crippen molar-refractivity contribution >= 4 is 11.6 Å². The first-order valence-electron chi connectivity index (χ1n) is 9.85. The van der Waals surface area contributed by atoms with Gasteiger partial charge in [0.1, 0.15) is 5.60 Å². The molecule has 1 saturated carbocycles. The molecule has 2 aliphatic rings. The molecule has 6 heteroatoms. The summed E-state index contributed by atoms with van der Waals surface area (Å²) in [6, 6.07) is 1.61. The molecule has 0 radical (unpaired) electrons. The zero-order valence-electron chi connectivity index (χ0n) is 16.7. The summed E-state index contributed by atoms with van der Waals surface area (Å²) in [7, 11) is 0. The molecule has 1 spiro atoms. The first-order chi connectivity index (χ1) is 12.7. The van der Waals surface area contributed by atoms with Crippen LogP contribution in [-0.2, 0) is 4.74 Å². The van der Waals surface area contributed by atoms with Crippen LogP contribution in [0.2, 0.25) is 0 Å². The number of aromatic nitrogens is 2. The summed E-state index contributed by atoms with van der Waals surface area (Å²) in [5.41, 5.74) is 3.01. The van der Waals surface area contributed by atoms with Crippen molar-refractivity contribution in [2.45, 2.75) is 64.9 Å². The van der Waals surface area contributed by atoms with Gasteiger partial charge >= 0.3 is 6.09 Å². The third-order valence-corrected chi connectivity index (χ3v) is 6.16. The van der Waals surface area contributed by atoms with E-state index in [1.54, 1.807) is 6.07 Å². The number of rotatable bonds is 1. The van der Waals surface area contributed by atoms with E-state index in [0.717, 1.165) is 49.9 Å². The van der Waals surface area contributed by atoms with Crippen molar-refractivity contribution in [1.29, 1.82) is 0 Å². The van der Waals surface area contributed by atoms with Gasteiger partial charge in [-0.25, -0.2) is 4.79 Å². The maximum Gasteiger partial charge on any atom is 0.410 e. The fourth-order valence-electron chi connectivity index (χ4n) is 4.70. The van der Waals surface area contributed by atoms with Crippen molar-refractivity contribution in [1.82, 2.24) is 14.5 Å². The Bertz CT molecular complexity index is 918. The van der Waals surface area contributed by atoms with Gasteiger partial charge in [0.25, 0.3) is 0 Å². The second-order valence-electron chi connectivity index (χ2n) is 9.36. The number of fused-ring (bicyclic) bond motifs is 1. The van der Waals surface area contributed by atoms with Crippen LogP contribution in [-0.4, -0.2) is 39.3 Å². The number of ether oxygens (including phenoxy) is 1. The monoisotopic (exact) mass is 371 g/mol. The lowest BCUT2D eigenvalue weighted by atomic mass is 9.65. The number of carbonyl (C=O) groups excluding carboxylic acids is 1. The third-order valence-electron chi connectivity index (χ3n) is 6.16. The normalized spacial score (nSPS) is 20.1. The van der Waals surface area contributed by atoms with Gasteiger partial charge in [-0.3, -0.25) is 9.31 Å². The first-order valence-corrected chi connectivity index (χ1v) is 9.85. The van der Waals surface area contributed by atoms with Gasteiger partial charge in [0, 0.05) is 42.5 Å². The highest BCUT2D eigenvalue weighted by molar-refractivity contribution is 5.69. The van der Waals surface area contributed by atoms with Crippen LogP contribution in [0.15, 0.2) is 23.3 Å². The highest BCUT2D eigenvalue weighted by Gasteiger charge is 2.48. The number of aryl methyl sites for hydroxylation is 1. The molecule has 0 unspecified atom stereocenters. The number of likely N-dealkylation sites (tertiary alicyclic amines) is 1. The minimum Gasteiger partial charge on any atom is -0.444 e. The lowest BCUT2D eigenvalue weighted by Gasteiger charge is -2.53. The van der Waals surface area contributed by atoms with Crippen LogP contribution in [0.3, 0.4) is 0 Å². The fraction of sp³-hybridized carbons (Fsp3) is 0.619. The lowest BCUT2D eigenvalue weighted by molar-refractivity contribution is -0.0505. The first kappa shape index (κ1) is 18.1. The van der Waals surface area contributed by atoms with Crippen LogP contribution in [0.4, 0.5) is 4.79 Å². The summed E-state index contributed by atoms with van der Waals surface area (Å²) in [5, 5.41) is 3.25. The fourth-order valence-corrected chi connectivity index (χ4v) is 4.70. The van der Waals surface area contributed by atoms with Crippen molar-refractivity contribution in [2.75, 3.05) is 13.1 Å². The zero-order valence-corrected chi connectivity index (χ0v) is 16.7. The molecule has 1 N–H and O–H groups in total. The van der Waals surface area contributed by atoms with Crippen LogP contribution in [0.5, 0.6) is 0 Å². The summed E-state index contributed by atoms with van der Waals surface area (Å²) in [6.45, 7) is 9.23. The van der Waals surface area contributed by atoms with Gasteiger partial charge in [0.15, 0.2) is 5.43 Å². The van der Waals surface area contributed by atoms with Crippen molar-refractivity contribution < 1.29 is 9.53 Å². The Balaban J connectivity index is 1.42. The molecule has 2 fully saturated rings.